The average Bonchev–Trinajstić information content (AvgIpc) is 2.92. The number of esters is 1. The van der Waals surface area contributed by atoms with E-state index in [0.717, 1.165) is 11.3 Å². The maximum absolute atomic E-state index is 13.0. The molecule has 0 saturated carbocycles. The molecule has 0 fully saturated rings. The zero-order chi connectivity index (χ0) is 24.5. The average molecular weight is 466 g/mol. The zero-order valence-electron chi connectivity index (χ0n) is 19.3. The highest BCUT2D eigenvalue weighted by Crippen LogP contribution is 2.30. The van der Waals surface area contributed by atoms with Crippen LogP contribution < -0.4 is 11.1 Å². The van der Waals surface area contributed by atoms with Crippen LogP contribution in [0.4, 0.5) is 0 Å². The summed E-state index contributed by atoms with van der Waals surface area (Å²) >= 11 is 0. The largest absolute Gasteiger partial charge is 0.459 e. The second-order valence-corrected chi connectivity index (χ2v) is 8.03. The van der Waals surface area contributed by atoms with E-state index in [1.54, 1.807) is 18.3 Å². The van der Waals surface area contributed by atoms with Gasteiger partial charge in [0.2, 0.25) is 0 Å². The van der Waals surface area contributed by atoms with Gasteiger partial charge in [-0.1, -0.05) is 78.9 Å². The number of carbonyl (C=O) groups is 2. The molecule has 35 heavy (non-hydrogen) atoms. The van der Waals surface area contributed by atoms with Crippen LogP contribution in [0.25, 0.3) is 11.1 Å². The summed E-state index contributed by atoms with van der Waals surface area (Å²) in [4.78, 5) is 30.1. The molecule has 6 heteroatoms. The molecule has 1 heterocycles. The minimum absolute atomic E-state index is 0.144. The van der Waals surface area contributed by atoms with Crippen molar-refractivity contribution in [3.8, 4) is 11.1 Å². The summed E-state index contributed by atoms with van der Waals surface area (Å²) in [6.07, 6.45) is 2.36. The molecule has 0 saturated heterocycles. The van der Waals surface area contributed by atoms with E-state index in [2.05, 4.69) is 10.3 Å². The quantitative estimate of drug-likeness (QED) is 0.356. The molecule has 0 spiro atoms. The van der Waals surface area contributed by atoms with E-state index in [0.29, 0.717) is 35.2 Å². The van der Waals surface area contributed by atoms with Crippen LogP contribution >= 0.6 is 0 Å². The van der Waals surface area contributed by atoms with Crippen molar-refractivity contribution in [2.75, 3.05) is 6.54 Å². The van der Waals surface area contributed by atoms with Gasteiger partial charge in [-0.05, 0) is 40.5 Å². The molecular weight excluding hydrogens is 438 g/mol. The van der Waals surface area contributed by atoms with Crippen LogP contribution in [0.15, 0.2) is 103 Å². The van der Waals surface area contributed by atoms with Crippen molar-refractivity contribution in [2.24, 2.45) is 5.73 Å². The number of nitrogens with one attached hydrogen (secondary N) is 1. The Labute approximate surface area is 204 Å². The van der Waals surface area contributed by atoms with Crippen molar-refractivity contribution in [2.45, 2.75) is 19.1 Å². The third kappa shape index (κ3) is 6.19. The summed E-state index contributed by atoms with van der Waals surface area (Å²) in [6.45, 7) is 0.599. The van der Waals surface area contributed by atoms with Gasteiger partial charge in [-0.25, -0.2) is 4.79 Å². The molecule has 6 nitrogen and oxygen atoms in total. The number of amides is 1. The molecule has 4 rings (SSSR count). The van der Waals surface area contributed by atoms with E-state index in [-0.39, 0.29) is 12.5 Å². The van der Waals surface area contributed by atoms with E-state index in [4.69, 9.17) is 10.5 Å². The topological polar surface area (TPSA) is 94.3 Å². The highest BCUT2D eigenvalue weighted by molar-refractivity contribution is 6.01. The van der Waals surface area contributed by atoms with Gasteiger partial charge in [0, 0.05) is 30.4 Å². The molecule has 0 bridgehead atoms. The fourth-order valence-corrected chi connectivity index (χ4v) is 3.82. The first kappa shape index (κ1) is 23.9. The Morgan fingerprint density at radius 3 is 2.29 bits per heavy atom. The van der Waals surface area contributed by atoms with Gasteiger partial charge >= 0.3 is 5.97 Å². The molecule has 3 N–H and O–H groups in total. The van der Waals surface area contributed by atoms with Crippen LogP contribution in [-0.4, -0.2) is 23.4 Å². The second-order valence-electron chi connectivity index (χ2n) is 8.03. The maximum Gasteiger partial charge on any atom is 0.327 e. The number of hydrogen-bond donors (Lipinski definition) is 2. The van der Waals surface area contributed by atoms with Gasteiger partial charge in [0.05, 0.1) is 0 Å². The summed E-state index contributed by atoms with van der Waals surface area (Å²) in [5.74, 6) is -0.731. The van der Waals surface area contributed by atoms with Crippen molar-refractivity contribution in [1.29, 1.82) is 0 Å². The Bertz CT molecular complexity index is 1280. The standard InChI is InChI=1S/C29H27N3O3/c30-27(29(34)35-20-21-10-2-1-3-11-21)25-15-6-4-13-23(25)24-14-5-7-16-26(24)28(33)32-19-17-22-12-8-9-18-31-22/h1-16,18,27H,17,19-20,30H2,(H,32,33). The van der Waals surface area contributed by atoms with Crippen molar-refractivity contribution < 1.29 is 14.3 Å². The van der Waals surface area contributed by atoms with E-state index in [9.17, 15) is 9.59 Å². The summed E-state index contributed by atoms with van der Waals surface area (Å²) in [5, 5.41) is 2.97. The van der Waals surface area contributed by atoms with Crippen LogP contribution in [0.3, 0.4) is 0 Å². The Balaban J connectivity index is 1.50. The van der Waals surface area contributed by atoms with Gasteiger partial charge in [0.15, 0.2) is 0 Å². The number of carbonyl (C=O) groups excluding carboxylic acids is 2. The van der Waals surface area contributed by atoms with E-state index >= 15 is 0 Å². The number of aromatic nitrogens is 1. The van der Waals surface area contributed by atoms with Crippen LogP contribution in [0.2, 0.25) is 0 Å². The summed E-state index contributed by atoms with van der Waals surface area (Å²) in [6, 6.07) is 28.8. The molecule has 176 valence electrons. The molecule has 0 aliphatic rings. The molecule has 4 aromatic rings. The minimum Gasteiger partial charge on any atom is -0.459 e. The monoisotopic (exact) mass is 465 g/mol. The number of pyridine rings is 1. The third-order valence-electron chi connectivity index (χ3n) is 5.63. The lowest BCUT2D eigenvalue weighted by molar-refractivity contribution is -0.146. The minimum atomic E-state index is -0.991. The Kier molecular flexibility index (Phi) is 7.99. The highest BCUT2D eigenvalue weighted by atomic mass is 16.5. The van der Waals surface area contributed by atoms with Crippen LogP contribution in [0.5, 0.6) is 0 Å². The Hall–Kier alpha value is -4.29. The number of rotatable bonds is 9. The van der Waals surface area contributed by atoms with Gasteiger partial charge in [-0.15, -0.1) is 0 Å². The summed E-state index contributed by atoms with van der Waals surface area (Å²) < 4.78 is 5.46. The molecule has 1 amide bonds. The number of nitrogens with two attached hydrogens (primary N) is 1. The van der Waals surface area contributed by atoms with E-state index in [1.807, 2.05) is 84.9 Å². The second kappa shape index (κ2) is 11.7. The van der Waals surface area contributed by atoms with Gasteiger partial charge in [-0.3, -0.25) is 9.78 Å². The first-order chi connectivity index (χ1) is 17.1. The van der Waals surface area contributed by atoms with Gasteiger partial charge in [0.25, 0.3) is 5.91 Å². The Morgan fingerprint density at radius 2 is 1.51 bits per heavy atom. The van der Waals surface area contributed by atoms with E-state index < -0.39 is 12.0 Å². The molecule has 1 unspecified atom stereocenters. The van der Waals surface area contributed by atoms with Crippen molar-refractivity contribution in [3.63, 3.8) is 0 Å². The fourth-order valence-electron chi connectivity index (χ4n) is 3.82. The van der Waals surface area contributed by atoms with E-state index in [1.165, 1.54) is 0 Å². The van der Waals surface area contributed by atoms with Gasteiger partial charge in [-0.2, -0.15) is 0 Å². The normalized spacial score (nSPS) is 11.5. The van der Waals surface area contributed by atoms with Gasteiger partial charge in [0.1, 0.15) is 12.6 Å². The smallest absolute Gasteiger partial charge is 0.327 e. The first-order valence-corrected chi connectivity index (χ1v) is 11.5. The van der Waals surface area contributed by atoms with Crippen molar-refractivity contribution in [1.82, 2.24) is 10.3 Å². The predicted octanol–water partition coefficient (Wildman–Crippen LogP) is 4.46. The number of ether oxygens (including phenoxy) is 1. The number of hydrogen-bond acceptors (Lipinski definition) is 5. The molecular formula is C29H27N3O3. The lowest BCUT2D eigenvalue weighted by Crippen LogP contribution is -2.27. The lowest BCUT2D eigenvalue weighted by Gasteiger charge is -2.18. The van der Waals surface area contributed by atoms with Crippen LogP contribution in [0.1, 0.15) is 33.2 Å². The van der Waals surface area contributed by atoms with Gasteiger partial charge < -0.3 is 15.8 Å². The molecule has 1 aromatic heterocycles. The Morgan fingerprint density at radius 1 is 0.829 bits per heavy atom. The molecule has 0 aliphatic carbocycles. The number of nitrogens with zero attached hydrogens (tertiary/aromatic N) is 1. The fraction of sp³-hybridized carbons (Fsp3) is 0.138. The third-order valence-corrected chi connectivity index (χ3v) is 5.63. The first-order valence-electron chi connectivity index (χ1n) is 11.5. The zero-order valence-corrected chi connectivity index (χ0v) is 19.3. The molecule has 1 atom stereocenters. The van der Waals surface area contributed by atoms with Crippen molar-refractivity contribution >= 4 is 11.9 Å². The van der Waals surface area contributed by atoms with Crippen LogP contribution in [0, 0.1) is 0 Å². The number of benzene rings is 3. The molecule has 0 aliphatic heterocycles. The molecule has 0 radical (unpaired) electrons. The maximum atomic E-state index is 13.0. The predicted molar refractivity (Wildman–Crippen MR) is 135 cm³/mol. The molecule has 3 aromatic carbocycles. The highest BCUT2D eigenvalue weighted by Gasteiger charge is 2.23. The lowest BCUT2D eigenvalue weighted by atomic mass is 9.92. The SMILES string of the molecule is NC(C(=O)OCc1ccccc1)c1ccccc1-c1ccccc1C(=O)NCCc1ccccn1. The van der Waals surface area contributed by atoms with Crippen LogP contribution in [-0.2, 0) is 22.6 Å². The summed E-state index contributed by atoms with van der Waals surface area (Å²) in [7, 11) is 0. The summed E-state index contributed by atoms with van der Waals surface area (Å²) in [5.41, 5.74) is 10.6. The van der Waals surface area contributed by atoms with Crippen molar-refractivity contribution in [3.05, 3.63) is 126 Å².